The zero-order valence-corrected chi connectivity index (χ0v) is 8.48. The summed E-state index contributed by atoms with van der Waals surface area (Å²) in [6, 6.07) is 1.53. The molecule has 0 heterocycles. The minimum Gasteiger partial charge on any atom is -0.294 e. The Labute approximate surface area is 87.9 Å². The second kappa shape index (κ2) is 3.96. The summed E-state index contributed by atoms with van der Waals surface area (Å²) >= 11 is -2.22. The Bertz CT molecular complexity index is 425. The van der Waals surface area contributed by atoms with Crippen LogP contribution in [0.1, 0.15) is 23.6 Å². The summed E-state index contributed by atoms with van der Waals surface area (Å²) in [5, 5.41) is 0. The summed E-state index contributed by atoms with van der Waals surface area (Å²) in [6.07, 6.45) is 0.813. The molecule has 1 aromatic carbocycles. The SMILES string of the molecule is O=S(O)N[C@H]1CCc2c(F)ccc(F)c21. The lowest BCUT2D eigenvalue weighted by Crippen LogP contribution is -2.21. The Balaban J connectivity index is 2.41. The van der Waals surface area contributed by atoms with E-state index in [1.165, 1.54) is 0 Å². The van der Waals surface area contributed by atoms with Crippen LogP contribution in [0.2, 0.25) is 0 Å². The maximum absolute atomic E-state index is 13.4. The van der Waals surface area contributed by atoms with Gasteiger partial charge in [-0.25, -0.2) is 17.7 Å². The number of hydrogen-bond donors (Lipinski definition) is 2. The predicted molar refractivity (Wildman–Crippen MR) is 51.3 cm³/mol. The summed E-state index contributed by atoms with van der Waals surface area (Å²) in [5.74, 6) is -0.994. The molecule has 15 heavy (non-hydrogen) atoms. The molecule has 1 unspecified atom stereocenters. The third kappa shape index (κ3) is 1.92. The van der Waals surface area contributed by atoms with Crippen LogP contribution in [0.25, 0.3) is 0 Å². The minimum absolute atomic E-state index is 0.178. The Morgan fingerprint density at radius 3 is 2.73 bits per heavy atom. The first-order valence-corrected chi connectivity index (χ1v) is 5.54. The number of hydrogen-bond acceptors (Lipinski definition) is 1. The van der Waals surface area contributed by atoms with Crippen LogP contribution < -0.4 is 4.72 Å². The highest BCUT2D eigenvalue weighted by Gasteiger charge is 2.29. The van der Waals surface area contributed by atoms with Crippen molar-refractivity contribution in [1.82, 2.24) is 4.72 Å². The van der Waals surface area contributed by atoms with Gasteiger partial charge in [0.25, 0.3) is 0 Å². The number of fused-ring (bicyclic) bond motifs is 1. The van der Waals surface area contributed by atoms with Crippen molar-refractivity contribution in [3.05, 3.63) is 34.9 Å². The van der Waals surface area contributed by atoms with Crippen LogP contribution in [0, 0.1) is 11.6 Å². The summed E-state index contributed by atoms with van der Waals surface area (Å²) in [7, 11) is 0. The summed E-state index contributed by atoms with van der Waals surface area (Å²) in [5.41, 5.74) is 0.482. The highest BCUT2D eigenvalue weighted by Crippen LogP contribution is 2.34. The molecule has 1 aliphatic carbocycles. The lowest BCUT2D eigenvalue weighted by atomic mass is 10.1. The number of nitrogens with one attached hydrogen (secondary N) is 1. The summed E-state index contributed by atoms with van der Waals surface area (Å²) in [4.78, 5) is 0. The molecule has 0 amide bonds. The van der Waals surface area contributed by atoms with E-state index in [1.807, 2.05) is 0 Å². The molecule has 3 nitrogen and oxygen atoms in total. The normalized spacial score (nSPS) is 21.4. The van der Waals surface area contributed by atoms with E-state index in [4.69, 9.17) is 4.55 Å². The van der Waals surface area contributed by atoms with Crippen molar-refractivity contribution in [2.24, 2.45) is 0 Å². The third-order valence-electron chi connectivity index (χ3n) is 2.52. The lowest BCUT2D eigenvalue weighted by Gasteiger charge is -2.11. The first-order valence-electron chi connectivity index (χ1n) is 4.43. The van der Waals surface area contributed by atoms with Crippen molar-refractivity contribution in [2.45, 2.75) is 18.9 Å². The van der Waals surface area contributed by atoms with E-state index in [2.05, 4.69) is 4.72 Å². The average Bonchev–Trinajstić information content (AvgIpc) is 2.56. The molecule has 0 spiro atoms. The molecular formula is C9H9F2NO2S. The second-order valence-electron chi connectivity index (χ2n) is 3.38. The number of rotatable bonds is 2. The van der Waals surface area contributed by atoms with Gasteiger partial charge in [0.1, 0.15) is 11.6 Å². The smallest absolute Gasteiger partial charge is 0.232 e. The lowest BCUT2D eigenvalue weighted by molar-refractivity contribution is 0.516. The fraction of sp³-hybridized carbons (Fsp3) is 0.333. The maximum atomic E-state index is 13.4. The first-order chi connectivity index (χ1) is 7.09. The molecule has 1 aromatic rings. The van der Waals surface area contributed by atoms with Crippen LogP contribution in [0.5, 0.6) is 0 Å². The minimum atomic E-state index is -2.22. The van der Waals surface area contributed by atoms with Crippen LogP contribution in [-0.4, -0.2) is 8.76 Å². The van der Waals surface area contributed by atoms with Crippen LogP contribution in [0.3, 0.4) is 0 Å². The molecule has 0 fully saturated rings. The van der Waals surface area contributed by atoms with Gasteiger partial charge in [0, 0.05) is 5.56 Å². The average molecular weight is 233 g/mol. The topological polar surface area (TPSA) is 49.3 Å². The maximum Gasteiger partial charge on any atom is 0.232 e. The van der Waals surface area contributed by atoms with Crippen LogP contribution in [0.4, 0.5) is 8.78 Å². The first kappa shape index (κ1) is 10.7. The fourth-order valence-electron chi connectivity index (χ4n) is 1.91. The van der Waals surface area contributed by atoms with Crippen molar-refractivity contribution < 1.29 is 17.5 Å². The molecular weight excluding hydrogens is 224 g/mol. The van der Waals surface area contributed by atoms with Gasteiger partial charge in [-0.15, -0.1) is 0 Å². The van der Waals surface area contributed by atoms with E-state index >= 15 is 0 Å². The zero-order chi connectivity index (χ0) is 11.0. The molecule has 2 rings (SSSR count). The molecule has 6 heteroatoms. The Kier molecular flexibility index (Phi) is 2.81. The number of benzene rings is 1. The van der Waals surface area contributed by atoms with Crippen molar-refractivity contribution in [3.63, 3.8) is 0 Å². The van der Waals surface area contributed by atoms with Gasteiger partial charge in [0.15, 0.2) is 0 Å². The highest BCUT2D eigenvalue weighted by atomic mass is 32.2. The molecule has 0 saturated heterocycles. The van der Waals surface area contributed by atoms with Crippen LogP contribution >= 0.6 is 0 Å². The fourth-order valence-corrected chi connectivity index (χ4v) is 2.39. The van der Waals surface area contributed by atoms with E-state index in [9.17, 15) is 13.0 Å². The van der Waals surface area contributed by atoms with E-state index in [-0.39, 0.29) is 5.56 Å². The monoisotopic (exact) mass is 233 g/mol. The molecule has 2 atom stereocenters. The molecule has 0 radical (unpaired) electrons. The molecule has 0 saturated carbocycles. The standard InChI is InChI=1S/C9H9F2NO2S/c10-6-2-3-7(11)9-5(6)1-4-8(9)12-15(13)14/h2-3,8,12H,1,4H2,(H,13,14)/t8-/m0/s1. The van der Waals surface area contributed by atoms with Crippen molar-refractivity contribution in [3.8, 4) is 0 Å². The molecule has 0 aliphatic heterocycles. The van der Waals surface area contributed by atoms with Crippen LogP contribution in [-0.2, 0) is 17.7 Å². The Morgan fingerprint density at radius 2 is 2.07 bits per heavy atom. The Morgan fingerprint density at radius 1 is 1.40 bits per heavy atom. The third-order valence-corrected chi connectivity index (χ3v) is 3.01. The largest absolute Gasteiger partial charge is 0.294 e. The van der Waals surface area contributed by atoms with Gasteiger partial charge in [-0.1, -0.05) is 0 Å². The van der Waals surface area contributed by atoms with Gasteiger partial charge in [-0.3, -0.25) is 4.55 Å². The Hall–Kier alpha value is -0.850. The van der Waals surface area contributed by atoms with Gasteiger partial charge < -0.3 is 0 Å². The molecule has 0 bridgehead atoms. The van der Waals surface area contributed by atoms with Crippen molar-refractivity contribution >= 4 is 11.3 Å². The van der Waals surface area contributed by atoms with Gasteiger partial charge in [0.05, 0.1) is 6.04 Å². The highest BCUT2D eigenvalue weighted by molar-refractivity contribution is 7.77. The van der Waals surface area contributed by atoms with Crippen molar-refractivity contribution in [2.75, 3.05) is 0 Å². The van der Waals surface area contributed by atoms with Gasteiger partial charge in [0.2, 0.25) is 11.3 Å². The van der Waals surface area contributed by atoms with Gasteiger partial charge in [-0.2, -0.15) is 0 Å². The van der Waals surface area contributed by atoms with Crippen LogP contribution in [0.15, 0.2) is 12.1 Å². The number of halogens is 2. The van der Waals surface area contributed by atoms with E-state index in [0.29, 0.717) is 18.4 Å². The van der Waals surface area contributed by atoms with Gasteiger partial charge in [-0.05, 0) is 30.5 Å². The second-order valence-corrected chi connectivity index (χ2v) is 4.11. The molecule has 1 aliphatic rings. The quantitative estimate of drug-likeness (QED) is 0.763. The zero-order valence-electron chi connectivity index (χ0n) is 7.67. The molecule has 0 aromatic heterocycles. The summed E-state index contributed by atoms with van der Waals surface area (Å²) < 4.78 is 48.1. The summed E-state index contributed by atoms with van der Waals surface area (Å²) in [6.45, 7) is 0. The molecule has 2 N–H and O–H groups in total. The van der Waals surface area contributed by atoms with E-state index < -0.39 is 28.9 Å². The molecule has 82 valence electrons. The van der Waals surface area contributed by atoms with E-state index in [1.54, 1.807) is 0 Å². The van der Waals surface area contributed by atoms with E-state index in [0.717, 1.165) is 12.1 Å². The van der Waals surface area contributed by atoms with Crippen molar-refractivity contribution in [1.29, 1.82) is 0 Å². The van der Waals surface area contributed by atoms with Gasteiger partial charge >= 0.3 is 0 Å². The predicted octanol–water partition coefficient (Wildman–Crippen LogP) is 1.68.